The molecular formula is C17H23N3OS. The van der Waals surface area contributed by atoms with Gasteiger partial charge in [-0.1, -0.05) is 18.2 Å². The maximum atomic E-state index is 12.2. The van der Waals surface area contributed by atoms with Crippen molar-refractivity contribution in [1.29, 1.82) is 0 Å². The SMILES string of the molecule is Cc1nc(C(C)(C)NC(=O)CCc2ccccc2N)sc1C. The summed E-state index contributed by atoms with van der Waals surface area (Å²) in [6.45, 7) is 8.01. The molecule has 2 aromatic rings. The second kappa shape index (κ2) is 6.48. The molecule has 0 aliphatic rings. The Kier molecular flexibility index (Phi) is 4.86. The van der Waals surface area contributed by atoms with Crippen molar-refractivity contribution in [2.45, 2.75) is 46.1 Å². The predicted octanol–water partition coefficient (Wildman–Crippen LogP) is 3.33. The van der Waals surface area contributed by atoms with Crippen molar-refractivity contribution in [3.8, 4) is 0 Å². The van der Waals surface area contributed by atoms with Gasteiger partial charge in [0.1, 0.15) is 5.01 Å². The lowest BCUT2D eigenvalue weighted by atomic mass is 10.0. The molecule has 1 aromatic heterocycles. The number of carbonyl (C=O) groups excluding carboxylic acids is 1. The van der Waals surface area contributed by atoms with Crippen molar-refractivity contribution in [3.63, 3.8) is 0 Å². The van der Waals surface area contributed by atoms with Crippen molar-refractivity contribution < 1.29 is 4.79 Å². The summed E-state index contributed by atoms with van der Waals surface area (Å²) in [5, 5.41) is 4.01. The van der Waals surface area contributed by atoms with Gasteiger partial charge in [0.05, 0.1) is 11.2 Å². The van der Waals surface area contributed by atoms with Crippen LogP contribution in [0.15, 0.2) is 24.3 Å². The third kappa shape index (κ3) is 3.85. The first kappa shape index (κ1) is 16.5. The summed E-state index contributed by atoms with van der Waals surface area (Å²) in [4.78, 5) is 18.0. The highest BCUT2D eigenvalue weighted by Gasteiger charge is 2.26. The second-order valence-corrected chi connectivity index (χ2v) is 7.24. The molecule has 0 saturated heterocycles. The lowest BCUT2D eigenvalue weighted by Crippen LogP contribution is -2.41. The number of carbonyl (C=O) groups is 1. The fraction of sp³-hybridized carbons (Fsp3) is 0.412. The van der Waals surface area contributed by atoms with Crippen LogP contribution in [0, 0.1) is 13.8 Å². The van der Waals surface area contributed by atoms with E-state index in [1.165, 1.54) is 4.88 Å². The highest BCUT2D eigenvalue weighted by Crippen LogP contribution is 2.27. The molecular weight excluding hydrogens is 294 g/mol. The number of rotatable bonds is 5. The van der Waals surface area contributed by atoms with Gasteiger partial charge in [-0.15, -0.1) is 11.3 Å². The number of anilines is 1. The molecule has 22 heavy (non-hydrogen) atoms. The molecule has 4 nitrogen and oxygen atoms in total. The van der Waals surface area contributed by atoms with Crippen molar-refractivity contribution in [2.24, 2.45) is 0 Å². The number of para-hydroxylation sites is 1. The van der Waals surface area contributed by atoms with Crippen LogP contribution >= 0.6 is 11.3 Å². The highest BCUT2D eigenvalue weighted by atomic mass is 32.1. The molecule has 1 aromatic carbocycles. The first-order valence-electron chi connectivity index (χ1n) is 7.38. The van der Waals surface area contributed by atoms with Crippen LogP contribution in [0.5, 0.6) is 0 Å². The molecule has 0 unspecified atom stereocenters. The van der Waals surface area contributed by atoms with Gasteiger partial charge in [0.2, 0.25) is 5.91 Å². The van der Waals surface area contributed by atoms with Gasteiger partial charge in [0.25, 0.3) is 0 Å². The zero-order valence-electron chi connectivity index (χ0n) is 13.6. The van der Waals surface area contributed by atoms with Crippen molar-refractivity contribution in [3.05, 3.63) is 45.4 Å². The first-order chi connectivity index (χ1) is 10.3. The van der Waals surface area contributed by atoms with E-state index in [1.807, 2.05) is 52.0 Å². The number of nitrogen functional groups attached to an aromatic ring is 1. The Labute approximate surface area is 135 Å². The van der Waals surface area contributed by atoms with Gasteiger partial charge in [-0.05, 0) is 45.7 Å². The van der Waals surface area contributed by atoms with E-state index < -0.39 is 5.54 Å². The third-order valence-electron chi connectivity index (χ3n) is 3.69. The van der Waals surface area contributed by atoms with Gasteiger partial charge >= 0.3 is 0 Å². The van der Waals surface area contributed by atoms with Crippen LogP contribution in [0.1, 0.15) is 41.4 Å². The molecule has 1 heterocycles. The summed E-state index contributed by atoms with van der Waals surface area (Å²) in [5.74, 6) is 0.0127. The number of amides is 1. The van der Waals surface area contributed by atoms with E-state index in [4.69, 9.17) is 5.73 Å². The summed E-state index contributed by atoms with van der Waals surface area (Å²) < 4.78 is 0. The lowest BCUT2D eigenvalue weighted by Gasteiger charge is -2.24. The van der Waals surface area contributed by atoms with Crippen LogP contribution < -0.4 is 11.1 Å². The Bertz CT molecular complexity index is 657. The van der Waals surface area contributed by atoms with E-state index >= 15 is 0 Å². The van der Waals surface area contributed by atoms with Crippen LogP contribution in [0.4, 0.5) is 5.69 Å². The van der Waals surface area contributed by atoms with E-state index in [0.717, 1.165) is 22.0 Å². The van der Waals surface area contributed by atoms with E-state index in [2.05, 4.69) is 10.3 Å². The second-order valence-electron chi connectivity index (χ2n) is 6.03. The first-order valence-corrected chi connectivity index (χ1v) is 8.20. The normalized spacial score (nSPS) is 11.5. The molecule has 0 fully saturated rings. The van der Waals surface area contributed by atoms with Gasteiger partial charge in [-0.3, -0.25) is 4.79 Å². The third-order valence-corrected chi connectivity index (χ3v) is 5.09. The molecule has 0 saturated carbocycles. The monoisotopic (exact) mass is 317 g/mol. The fourth-order valence-electron chi connectivity index (χ4n) is 2.21. The molecule has 1 amide bonds. The predicted molar refractivity (Wildman–Crippen MR) is 91.9 cm³/mol. The van der Waals surface area contributed by atoms with Gasteiger partial charge in [0.15, 0.2) is 0 Å². The van der Waals surface area contributed by atoms with Gasteiger partial charge in [0, 0.05) is 17.0 Å². The largest absolute Gasteiger partial charge is 0.399 e. The van der Waals surface area contributed by atoms with Crippen molar-refractivity contribution in [2.75, 3.05) is 5.73 Å². The standard InChI is InChI=1S/C17H23N3OS/c1-11-12(2)22-16(19-11)17(3,4)20-15(21)10-9-13-7-5-6-8-14(13)18/h5-8H,9-10,18H2,1-4H3,(H,20,21). The Morgan fingerprint density at radius 3 is 2.59 bits per heavy atom. The summed E-state index contributed by atoms with van der Waals surface area (Å²) in [6, 6.07) is 7.66. The topological polar surface area (TPSA) is 68.0 Å². The number of aryl methyl sites for hydroxylation is 3. The van der Waals surface area contributed by atoms with Gasteiger partial charge in [-0.2, -0.15) is 0 Å². The molecule has 0 bridgehead atoms. The number of thiazole rings is 1. The Hall–Kier alpha value is -1.88. The average Bonchev–Trinajstić information content (AvgIpc) is 2.78. The Morgan fingerprint density at radius 1 is 1.32 bits per heavy atom. The minimum absolute atomic E-state index is 0.0127. The van der Waals surface area contributed by atoms with Crippen LogP contribution in [-0.4, -0.2) is 10.9 Å². The van der Waals surface area contributed by atoms with Crippen LogP contribution in [-0.2, 0) is 16.8 Å². The molecule has 118 valence electrons. The number of nitrogens with one attached hydrogen (secondary N) is 1. The lowest BCUT2D eigenvalue weighted by molar-refractivity contribution is -0.122. The summed E-state index contributed by atoms with van der Waals surface area (Å²) in [7, 11) is 0. The number of hydrogen-bond donors (Lipinski definition) is 2. The zero-order chi connectivity index (χ0) is 16.3. The van der Waals surface area contributed by atoms with Gasteiger partial charge in [-0.25, -0.2) is 4.98 Å². The summed E-state index contributed by atoms with van der Waals surface area (Å²) >= 11 is 1.63. The average molecular weight is 317 g/mol. The number of hydrogen-bond acceptors (Lipinski definition) is 4. The number of nitrogens with two attached hydrogens (primary N) is 1. The Balaban J connectivity index is 1.97. The van der Waals surface area contributed by atoms with E-state index in [9.17, 15) is 4.79 Å². The summed E-state index contributed by atoms with van der Waals surface area (Å²) in [6.07, 6.45) is 1.06. The van der Waals surface area contributed by atoms with Crippen LogP contribution in [0.3, 0.4) is 0 Å². The zero-order valence-corrected chi connectivity index (χ0v) is 14.4. The minimum Gasteiger partial charge on any atom is -0.399 e. The van der Waals surface area contributed by atoms with E-state index in [-0.39, 0.29) is 5.91 Å². The molecule has 0 aliphatic carbocycles. The molecule has 3 N–H and O–H groups in total. The van der Waals surface area contributed by atoms with Crippen LogP contribution in [0.2, 0.25) is 0 Å². The van der Waals surface area contributed by atoms with E-state index in [1.54, 1.807) is 11.3 Å². The molecule has 0 aliphatic heterocycles. The smallest absolute Gasteiger partial charge is 0.221 e. The van der Waals surface area contributed by atoms with Crippen molar-refractivity contribution >= 4 is 22.9 Å². The quantitative estimate of drug-likeness (QED) is 0.831. The molecule has 0 radical (unpaired) electrons. The molecule has 5 heteroatoms. The molecule has 2 rings (SSSR count). The Morgan fingerprint density at radius 2 is 2.00 bits per heavy atom. The van der Waals surface area contributed by atoms with Crippen molar-refractivity contribution in [1.82, 2.24) is 10.3 Å². The molecule has 0 atom stereocenters. The number of benzene rings is 1. The highest BCUT2D eigenvalue weighted by molar-refractivity contribution is 7.11. The number of aromatic nitrogens is 1. The summed E-state index contributed by atoms with van der Waals surface area (Å²) in [5.41, 5.74) is 8.22. The number of nitrogens with zero attached hydrogens (tertiary/aromatic N) is 1. The van der Waals surface area contributed by atoms with E-state index in [0.29, 0.717) is 12.8 Å². The van der Waals surface area contributed by atoms with Crippen LogP contribution in [0.25, 0.3) is 0 Å². The minimum atomic E-state index is -0.455. The molecule has 0 spiro atoms. The van der Waals surface area contributed by atoms with Gasteiger partial charge < -0.3 is 11.1 Å². The maximum absolute atomic E-state index is 12.2. The fourth-order valence-corrected chi connectivity index (χ4v) is 3.19. The maximum Gasteiger partial charge on any atom is 0.221 e.